The number of nitrogens with one attached hydrogen (secondary N) is 3. The van der Waals surface area contributed by atoms with Crippen LogP contribution in [0, 0.1) is 17.8 Å². The zero-order valence-corrected chi connectivity index (χ0v) is 21.8. The van der Waals surface area contributed by atoms with Crippen LogP contribution in [-0.4, -0.2) is 77.4 Å². The number of halogens is 3. The van der Waals surface area contributed by atoms with Crippen molar-refractivity contribution >= 4 is 34.4 Å². The quantitative estimate of drug-likeness (QED) is 0.387. The molecule has 1 saturated carbocycles. The van der Waals surface area contributed by atoms with Gasteiger partial charge in [0.05, 0.1) is 24.2 Å². The molecular formula is C27H31F3N4O6. The van der Waals surface area contributed by atoms with Crippen LogP contribution in [0.5, 0.6) is 5.75 Å². The summed E-state index contributed by atoms with van der Waals surface area (Å²) in [5.74, 6) is -2.58. The Hall–Kier alpha value is -3.61. The van der Waals surface area contributed by atoms with E-state index in [2.05, 4.69) is 15.6 Å². The minimum atomic E-state index is -4.62. The Balaban J connectivity index is 1.42. The molecule has 2 aliphatic heterocycles. The summed E-state index contributed by atoms with van der Waals surface area (Å²) in [6.45, 7) is -0.0626. The van der Waals surface area contributed by atoms with E-state index in [0.29, 0.717) is 24.8 Å². The first kappa shape index (κ1) is 27.9. The highest BCUT2D eigenvalue weighted by atomic mass is 19.4. The van der Waals surface area contributed by atoms with Crippen LogP contribution in [0.15, 0.2) is 18.2 Å². The van der Waals surface area contributed by atoms with Gasteiger partial charge < -0.3 is 30.4 Å². The van der Waals surface area contributed by atoms with Gasteiger partial charge in [-0.05, 0) is 55.7 Å². The predicted molar refractivity (Wildman–Crippen MR) is 135 cm³/mol. The maximum Gasteiger partial charge on any atom is 0.416 e. The summed E-state index contributed by atoms with van der Waals surface area (Å²) >= 11 is 0. The second-order valence-electron chi connectivity index (χ2n) is 10.8. The second-order valence-corrected chi connectivity index (χ2v) is 10.8. The van der Waals surface area contributed by atoms with Crippen LogP contribution < -0.4 is 15.4 Å². The first-order valence-electron chi connectivity index (χ1n) is 13.3. The highest BCUT2D eigenvalue weighted by Crippen LogP contribution is 2.43. The molecule has 1 aromatic carbocycles. The lowest BCUT2D eigenvalue weighted by atomic mass is 9.92. The van der Waals surface area contributed by atoms with E-state index in [0.717, 1.165) is 25.0 Å². The molecule has 0 bridgehead atoms. The summed E-state index contributed by atoms with van der Waals surface area (Å²) in [6, 6.07) is 1.18. The molecule has 1 aliphatic carbocycles. The van der Waals surface area contributed by atoms with Gasteiger partial charge in [-0.25, -0.2) is 0 Å². The number of methoxy groups -OCH3 is 1. The molecule has 10 nitrogen and oxygen atoms in total. The number of aliphatic hydroxyl groups is 1. The number of benzene rings is 1. The van der Waals surface area contributed by atoms with Crippen LogP contribution in [0.3, 0.4) is 0 Å². The molecule has 3 amide bonds. The lowest BCUT2D eigenvalue weighted by Gasteiger charge is -2.29. The molecule has 0 radical (unpaired) electrons. The van der Waals surface area contributed by atoms with Crippen LogP contribution in [-0.2, 0) is 20.6 Å². The topological polar surface area (TPSA) is 141 Å². The number of ketones is 1. The van der Waals surface area contributed by atoms with Gasteiger partial charge in [0.2, 0.25) is 11.8 Å². The standard InChI is InChI=1S/C27H31F3N4O6/c1-40-22-9-15(27(28,29)30)8-18-17(22)10-20(32-18)26(39)34-11-14-3-2-4-16(14)23(34)25(38)33-19(21(36)12-35)7-13-5-6-31-24(13)37/h8-10,13-14,16,19,23,32,35H,2-7,11-12H2,1H3,(H,31,37)(H,33,38)/t13-,14-,16-,19-,23-/m0/s1. The van der Waals surface area contributed by atoms with E-state index in [1.54, 1.807) is 0 Å². The maximum atomic E-state index is 13.7. The number of hydrogen-bond acceptors (Lipinski definition) is 6. The average molecular weight is 565 g/mol. The number of rotatable bonds is 8. The van der Waals surface area contributed by atoms with Crippen molar-refractivity contribution in [2.75, 3.05) is 26.8 Å². The number of fused-ring (bicyclic) bond motifs is 2. The third-order valence-electron chi connectivity index (χ3n) is 8.44. The molecule has 3 fully saturated rings. The number of aromatic nitrogens is 1. The van der Waals surface area contributed by atoms with Crippen molar-refractivity contribution in [2.45, 2.75) is 50.4 Å². The van der Waals surface area contributed by atoms with Crippen molar-refractivity contribution in [3.8, 4) is 5.75 Å². The number of amides is 3. The number of ether oxygens (including phenoxy) is 1. The average Bonchev–Trinajstić information content (AvgIpc) is 3.70. The molecule has 4 N–H and O–H groups in total. The fraction of sp³-hybridized carbons (Fsp3) is 0.556. The third kappa shape index (κ3) is 5.14. The summed E-state index contributed by atoms with van der Waals surface area (Å²) in [5.41, 5.74) is -0.851. The lowest BCUT2D eigenvalue weighted by molar-refractivity contribution is -0.137. The van der Waals surface area contributed by atoms with Crippen molar-refractivity contribution in [1.82, 2.24) is 20.5 Å². The molecule has 2 aromatic rings. The second kappa shape index (κ2) is 10.8. The number of alkyl halides is 3. The van der Waals surface area contributed by atoms with Gasteiger partial charge in [0, 0.05) is 24.4 Å². The highest BCUT2D eigenvalue weighted by molar-refractivity contribution is 6.02. The summed E-state index contributed by atoms with van der Waals surface area (Å²) in [4.78, 5) is 56.2. The van der Waals surface area contributed by atoms with Gasteiger partial charge in [-0.2, -0.15) is 13.2 Å². The van der Waals surface area contributed by atoms with Crippen molar-refractivity contribution < 1.29 is 42.2 Å². The normalized spacial score (nSPS) is 25.1. The fourth-order valence-corrected chi connectivity index (χ4v) is 6.45. The van der Waals surface area contributed by atoms with E-state index >= 15 is 0 Å². The summed E-state index contributed by atoms with van der Waals surface area (Å²) in [7, 11) is 1.24. The maximum absolute atomic E-state index is 13.7. The number of aliphatic hydroxyl groups excluding tert-OH is 1. The number of aromatic amines is 1. The Morgan fingerprint density at radius 2 is 1.98 bits per heavy atom. The zero-order chi connectivity index (χ0) is 28.8. The molecule has 3 aliphatic rings. The fourth-order valence-electron chi connectivity index (χ4n) is 6.45. The van der Waals surface area contributed by atoms with E-state index in [9.17, 15) is 37.5 Å². The molecule has 5 atom stereocenters. The summed E-state index contributed by atoms with van der Waals surface area (Å²) in [6.07, 6.45) is -1.68. The van der Waals surface area contributed by atoms with Gasteiger partial charge in [0.15, 0.2) is 5.78 Å². The van der Waals surface area contributed by atoms with E-state index in [-0.39, 0.29) is 47.7 Å². The van der Waals surface area contributed by atoms with E-state index in [4.69, 9.17) is 4.74 Å². The van der Waals surface area contributed by atoms with Gasteiger partial charge in [-0.3, -0.25) is 19.2 Å². The predicted octanol–water partition coefficient (Wildman–Crippen LogP) is 2.01. The van der Waals surface area contributed by atoms with E-state index < -0.39 is 53.9 Å². The molecule has 2 saturated heterocycles. The molecule has 3 heterocycles. The van der Waals surface area contributed by atoms with Crippen molar-refractivity contribution in [3.63, 3.8) is 0 Å². The van der Waals surface area contributed by atoms with Gasteiger partial charge >= 0.3 is 6.18 Å². The van der Waals surface area contributed by atoms with E-state index in [1.807, 2.05) is 0 Å². The minimum absolute atomic E-state index is 0.0102. The zero-order valence-electron chi connectivity index (χ0n) is 21.8. The number of carbonyl (C=O) groups is 4. The first-order chi connectivity index (χ1) is 19.0. The van der Waals surface area contributed by atoms with Crippen molar-refractivity contribution in [3.05, 3.63) is 29.5 Å². The number of Topliss-reactive ketones (excluding diaryl/α,β-unsaturated/α-hetero) is 1. The Morgan fingerprint density at radius 3 is 2.62 bits per heavy atom. The van der Waals surface area contributed by atoms with Crippen LogP contribution >= 0.6 is 0 Å². The van der Waals surface area contributed by atoms with Gasteiger partial charge in [-0.1, -0.05) is 6.42 Å². The summed E-state index contributed by atoms with van der Waals surface area (Å²) in [5, 5.41) is 15.2. The highest BCUT2D eigenvalue weighted by Gasteiger charge is 2.50. The van der Waals surface area contributed by atoms with Crippen LogP contribution in [0.4, 0.5) is 13.2 Å². The number of nitrogens with zero attached hydrogens (tertiary/aromatic N) is 1. The van der Waals surface area contributed by atoms with Crippen molar-refractivity contribution in [1.29, 1.82) is 0 Å². The minimum Gasteiger partial charge on any atom is -0.496 e. The van der Waals surface area contributed by atoms with Crippen LogP contribution in [0.2, 0.25) is 0 Å². The number of carbonyl (C=O) groups excluding carboxylic acids is 4. The largest absolute Gasteiger partial charge is 0.496 e. The lowest BCUT2D eigenvalue weighted by Crippen LogP contribution is -2.53. The Bertz CT molecular complexity index is 1340. The number of H-pyrrole nitrogens is 1. The molecule has 216 valence electrons. The molecular weight excluding hydrogens is 533 g/mol. The smallest absolute Gasteiger partial charge is 0.416 e. The molecule has 40 heavy (non-hydrogen) atoms. The van der Waals surface area contributed by atoms with Crippen LogP contribution in [0.25, 0.3) is 10.9 Å². The van der Waals surface area contributed by atoms with Gasteiger partial charge in [0.25, 0.3) is 5.91 Å². The number of likely N-dealkylation sites (tertiary alicyclic amines) is 1. The monoisotopic (exact) mass is 564 g/mol. The molecule has 5 rings (SSSR count). The first-order valence-corrected chi connectivity index (χ1v) is 13.3. The Labute approximate surface area is 227 Å². The number of hydrogen-bond donors (Lipinski definition) is 4. The van der Waals surface area contributed by atoms with Crippen molar-refractivity contribution in [2.24, 2.45) is 17.8 Å². The Kier molecular flexibility index (Phi) is 7.51. The van der Waals surface area contributed by atoms with Gasteiger partial charge in [0.1, 0.15) is 24.1 Å². The third-order valence-corrected chi connectivity index (χ3v) is 8.44. The molecule has 1 aromatic heterocycles. The van der Waals surface area contributed by atoms with Gasteiger partial charge in [-0.15, -0.1) is 0 Å². The Morgan fingerprint density at radius 1 is 1.20 bits per heavy atom. The van der Waals surface area contributed by atoms with E-state index in [1.165, 1.54) is 18.1 Å². The SMILES string of the molecule is COc1cc(C(F)(F)F)cc2[nH]c(C(=O)N3C[C@@H]4CCC[C@@H]4[C@H]3C(=O)N[C@@H](C[C@@H]3CCNC3=O)C(=O)CO)cc12. The van der Waals surface area contributed by atoms with Crippen LogP contribution in [0.1, 0.15) is 48.2 Å². The molecule has 0 spiro atoms. The molecule has 0 unspecified atom stereocenters. The molecule has 13 heteroatoms. The summed E-state index contributed by atoms with van der Waals surface area (Å²) < 4.78 is 45.4.